The van der Waals surface area contributed by atoms with E-state index in [1.165, 1.54) is 12.7 Å². The molecule has 2 aromatic carbocycles. The van der Waals surface area contributed by atoms with Crippen LogP contribution in [0.25, 0.3) is 0 Å². The van der Waals surface area contributed by atoms with Crippen LogP contribution >= 0.6 is 0 Å². The molecule has 0 amide bonds. The van der Waals surface area contributed by atoms with E-state index in [4.69, 9.17) is 28.4 Å². The van der Waals surface area contributed by atoms with E-state index in [1.807, 2.05) is 30.3 Å². The molecule has 0 radical (unpaired) electrons. The van der Waals surface area contributed by atoms with Gasteiger partial charge in [0.05, 0.1) is 14.2 Å². The predicted octanol–water partition coefficient (Wildman–Crippen LogP) is 3.29. The molecule has 3 aliphatic rings. The number of ether oxygens (including phenoxy) is 6. The van der Waals surface area contributed by atoms with Gasteiger partial charge in [-0.1, -0.05) is 42.8 Å². The lowest BCUT2D eigenvalue weighted by Gasteiger charge is -2.50. The maximum Gasteiger partial charge on any atom is 0.420 e. The third kappa shape index (κ3) is 7.08. The lowest BCUT2D eigenvalue weighted by atomic mass is 10.1. The third-order valence-corrected chi connectivity index (χ3v) is 8.11. The largest absolute Gasteiger partial charge is 0.493 e. The van der Waals surface area contributed by atoms with Gasteiger partial charge >= 0.3 is 35.7 Å². The summed E-state index contributed by atoms with van der Waals surface area (Å²) in [4.78, 5) is 55.5. The number of rotatable bonds is 11. The van der Waals surface area contributed by atoms with Gasteiger partial charge in [0.15, 0.2) is 11.5 Å². The normalized spacial score (nSPS) is 19.4. The van der Waals surface area contributed by atoms with Crippen LogP contribution in [0.1, 0.15) is 36.8 Å². The average molecular weight is 635 g/mol. The van der Waals surface area contributed by atoms with Gasteiger partial charge in [-0.15, -0.1) is 0 Å². The monoisotopic (exact) mass is 634 g/mol. The zero-order valence-electron chi connectivity index (χ0n) is 26.0. The molecule has 244 valence electrons. The third-order valence-electron chi connectivity index (χ3n) is 8.11. The number of hydrogen-bond acceptors (Lipinski definition) is 12. The Kier molecular flexibility index (Phi) is 10.4. The van der Waals surface area contributed by atoms with E-state index in [1.54, 1.807) is 23.0 Å². The molecule has 12 nitrogen and oxygen atoms in total. The van der Waals surface area contributed by atoms with Crippen molar-refractivity contribution in [2.24, 2.45) is 0 Å². The molecule has 2 aromatic rings. The molecule has 3 heterocycles. The average Bonchev–Trinajstić information content (AvgIpc) is 3.37. The minimum Gasteiger partial charge on any atom is -0.493 e. The van der Waals surface area contributed by atoms with Crippen LogP contribution in [0.3, 0.4) is 0 Å². The van der Waals surface area contributed by atoms with E-state index in [2.05, 4.69) is 12.1 Å². The van der Waals surface area contributed by atoms with Gasteiger partial charge in [-0.05, 0) is 55.4 Å². The van der Waals surface area contributed by atoms with E-state index in [0.717, 1.165) is 49.1 Å². The molecule has 1 fully saturated rings. The number of esters is 4. The van der Waals surface area contributed by atoms with Crippen LogP contribution < -0.4 is 9.47 Å². The van der Waals surface area contributed by atoms with Crippen molar-refractivity contribution < 1.29 is 47.6 Å². The molecule has 0 unspecified atom stereocenters. The highest BCUT2D eigenvalue weighted by molar-refractivity contribution is 5.95. The maximum atomic E-state index is 13.1. The Hall–Kier alpha value is -4.68. The highest BCUT2D eigenvalue weighted by Crippen LogP contribution is 2.44. The Bertz CT molecular complexity index is 1450. The molecule has 0 bridgehead atoms. The summed E-state index contributed by atoms with van der Waals surface area (Å²) < 4.78 is 34.5. The van der Waals surface area contributed by atoms with Gasteiger partial charge in [-0.25, -0.2) is 29.0 Å². The minimum absolute atomic E-state index is 0.144. The highest BCUT2D eigenvalue weighted by Gasteiger charge is 2.73. The van der Waals surface area contributed by atoms with Crippen molar-refractivity contribution in [3.8, 4) is 11.5 Å². The molecule has 0 aliphatic carbocycles. The fourth-order valence-corrected chi connectivity index (χ4v) is 5.93. The molecule has 1 saturated heterocycles. The second-order valence-electron chi connectivity index (χ2n) is 11.1. The number of benzene rings is 2. The first-order chi connectivity index (χ1) is 22.3. The maximum absolute atomic E-state index is 13.1. The van der Waals surface area contributed by atoms with E-state index < -0.39 is 35.7 Å². The summed E-state index contributed by atoms with van der Waals surface area (Å²) in [5.74, 6) is -7.57. The fraction of sp³-hybridized carbons (Fsp3) is 0.412. The molecular weight excluding hydrogens is 596 g/mol. The Morgan fingerprint density at radius 3 is 1.70 bits per heavy atom. The van der Waals surface area contributed by atoms with Crippen LogP contribution in [0.15, 0.2) is 72.8 Å². The van der Waals surface area contributed by atoms with Crippen LogP contribution in [0, 0.1) is 0 Å². The second-order valence-corrected chi connectivity index (χ2v) is 11.1. The standard InChI is InChI=1S/C34H38N2O10/c1-41-27-14-13-26(24-28(27)42-2)19-23-36-22-9-21-35(20-8-4-7-12-25-10-5-3-6-11-25)33(43-29(37)15-16-30(38)44-33)34(36)45-31(39)17-18-32(40)46-34/h3,5-6,10-11,13-18,24H,4,7-9,12,19-23H2,1-2H3. The molecule has 0 atom stereocenters. The number of hydrogen-bond donors (Lipinski definition) is 0. The van der Waals surface area contributed by atoms with Gasteiger partial charge in [0.1, 0.15) is 0 Å². The number of methoxy groups -OCH3 is 2. The van der Waals surface area contributed by atoms with Crippen LogP contribution in [-0.2, 0) is 51.0 Å². The molecule has 0 saturated carbocycles. The van der Waals surface area contributed by atoms with Gasteiger partial charge in [0.25, 0.3) is 0 Å². The smallest absolute Gasteiger partial charge is 0.420 e. The van der Waals surface area contributed by atoms with Gasteiger partial charge in [0, 0.05) is 50.5 Å². The van der Waals surface area contributed by atoms with Gasteiger partial charge in [0.2, 0.25) is 0 Å². The zero-order chi connectivity index (χ0) is 32.6. The topological polar surface area (TPSA) is 130 Å². The molecule has 2 spiro atoms. The molecule has 0 N–H and O–H groups in total. The quantitative estimate of drug-likeness (QED) is 0.266. The van der Waals surface area contributed by atoms with Crippen LogP contribution in [-0.4, -0.2) is 85.9 Å². The number of aryl methyl sites for hydroxylation is 1. The number of fused-ring (bicyclic) bond motifs is 1. The molecular formula is C34H38N2O10. The van der Waals surface area contributed by atoms with E-state index >= 15 is 0 Å². The Morgan fingerprint density at radius 2 is 1.15 bits per heavy atom. The Balaban J connectivity index is 1.48. The summed E-state index contributed by atoms with van der Waals surface area (Å²) in [5.41, 5.74) is 2.06. The van der Waals surface area contributed by atoms with Gasteiger partial charge < -0.3 is 28.4 Å². The number of nitrogens with zero attached hydrogens (tertiary/aromatic N) is 2. The van der Waals surface area contributed by atoms with Crippen molar-refractivity contribution in [1.29, 1.82) is 0 Å². The highest BCUT2D eigenvalue weighted by atomic mass is 16.8. The number of unbranched alkanes of at least 4 members (excludes halogenated alkanes) is 2. The minimum atomic E-state index is -2.47. The number of carbonyl (C=O) groups excluding carboxylic acids is 4. The van der Waals surface area contributed by atoms with Crippen molar-refractivity contribution >= 4 is 23.9 Å². The summed E-state index contributed by atoms with van der Waals surface area (Å²) >= 11 is 0. The zero-order valence-corrected chi connectivity index (χ0v) is 26.0. The predicted molar refractivity (Wildman–Crippen MR) is 163 cm³/mol. The molecule has 0 aromatic heterocycles. The van der Waals surface area contributed by atoms with Crippen molar-refractivity contribution in [3.63, 3.8) is 0 Å². The van der Waals surface area contributed by atoms with Crippen molar-refractivity contribution in [3.05, 3.63) is 84.0 Å². The summed E-state index contributed by atoms with van der Waals surface area (Å²) in [6, 6.07) is 15.6. The first kappa shape index (κ1) is 32.7. The van der Waals surface area contributed by atoms with Crippen LogP contribution in [0.5, 0.6) is 11.5 Å². The number of carbonyl (C=O) groups is 4. The summed E-state index contributed by atoms with van der Waals surface area (Å²) in [7, 11) is 3.08. The molecule has 3 aliphatic heterocycles. The van der Waals surface area contributed by atoms with Crippen molar-refractivity contribution in [1.82, 2.24) is 9.80 Å². The molecule has 5 rings (SSSR count). The van der Waals surface area contributed by atoms with E-state index in [9.17, 15) is 19.2 Å². The van der Waals surface area contributed by atoms with Crippen molar-refractivity contribution in [2.45, 2.75) is 50.3 Å². The summed E-state index contributed by atoms with van der Waals surface area (Å²) in [5, 5.41) is 0. The first-order valence-corrected chi connectivity index (χ1v) is 15.3. The summed E-state index contributed by atoms with van der Waals surface area (Å²) in [6.07, 6.45) is 7.75. The first-order valence-electron chi connectivity index (χ1n) is 15.3. The fourth-order valence-electron chi connectivity index (χ4n) is 5.93. The lowest BCUT2D eigenvalue weighted by Crippen LogP contribution is -2.75. The Morgan fingerprint density at radius 1 is 0.609 bits per heavy atom. The molecule has 12 heteroatoms. The SMILES string of the molecule is COc1ccc(CCN2CCCN(CCCCCc3ccccc3)C3(OC(=O)C=CC(=O)O3)C23OC(=O)C=CC(=O)O3)cc1OC. The second kappa shape index (κ2) is 14.6. The lowest BCUT2D eigenvalue weighted by molar-refractivity contribution is -0.443. The van der Waals surface area contributed by atoms with Gasteiger partial charge in [-0.3, -0.25) is 0 Å². The summed E-state index contributed by atoms with van der Waals surface area (Å²) in [6.45, 7) is 0.938. The molecule has 46 heavy (non-hydrogen) atoms. The van der Waals surface area contributed by atoms with Gasteiger partial charge in [-0.2, -0.15) is 0 Å². The Labute approximate surface area is 267 Å². The van der Waals surface area contributed by atoms with Crippen molar-refractivity contribution in [2.75, 3.05) is 40.4 Å². The van der Waals surface area contributed by atoms with E-state index in [-0.39, 0.29) is 26.2 Å². The van der Waals surface area contributed by atoms with Crippen LogP contribution in [0.4, 0.5) is 0 Å². The van der Waals surface area contributed by atoms with Crippen LogP contribution in [0.2, 0.25) is 0 Å². The van der Waals surface area contributed by atoms with E-state index in [0.29, 0.717) is 30.8 Å².